The van der Waals surface area contributed by atoms with Crippen molar-refractivity contribution in [2.24, 2.45) is 10.8 Å². The Balaban J connectivity index is 0.000000111. The maximum atomic E-state index is 10.7. The minimum Gasteiger partial charge on any atom is -0.315 e. The normalized spacial score (nSPS) is 35.1. The SMILES string of the molecule is O=S1(=O)CC2(CNC2)C1.O=S1(=O)CC2(CNC2)C1. The molecule has 0 unspecified atom stereocenters. The first-order chi connectivity index (χ1) is 8.24. The first-order valence-electron chi connectivity index (χ1n) is 6.06. The molecule has 4 fully saturated rings. The van der Waals surface area contributed by atoms with E-state index in [1.54, 1.807) is 0 Å². The fraction of sp³-hybridized carbons (Fsp3) is 1.00. The van der Waals surface area contributed by atoms with Crippen molar-refractivity contribution in [1.29, 1.82) is 0 Å². The fourth-order valence-corrected chi connectivity index (χ4v) is 7.53. The smallest absolute Gasteiger partial charge is 0.151 e. The van der Waals surface area contributed by atoms with Crippen molar-refractivity contribution in [2.45, 2.75) is 0 Å². The summed E-state index contributed by atoms with van der Waals surface area (Å²) in [6, 6.07) is 0. The molecule has 0 aromatic carbocycles. The van der Waals surface area contributed by atoms with Crippen LogP contribution in [-0.2, 0) is 19.7 Å². The Hall–Kier alpha value is -0.180. The lowest BCUT2D eigenvalue weighted by Crippen LogP contribution is -2.66. The summed E-state index contributed by atoms with van der Waals surface area (Å²) in [4.78, 5) is 0. The van der Waals surface area contributed by atoms with Crippen molar-refractivity contribution < 1.29 is 16.8 Å². The lowest BCUT2D eigenvalue weighted by molar-refractivity contribution is 0.208. The van der Waals surface area contributed by atoms with Crippen molar-refractivity contribution in [2.75, 3.05) is 49.2 Å². The largest absolute Gasteiger partial charge is 0.315 e. The summed E-state index contributed by atoms with van der Waals surface area (Å²) in [5.41, 5.74) is 0.359. The molecule has 18 heavy (non-hydrogen) atoms. The van der Waals surface area contributed by atoms with Crippen LogP contribution in [0.3, 0.4) is 0 Å². The Kier molecular flexibility index (Phi) is 2.62. The summed E-state index contributed by atoms with van der Waals surface area (Å²) in [6.45, 7) is 3.64. The number of rotatable bonds is 0. The number of sulfone groups is 2. The van der Waals surface area contributed by atoms with Crippen LogP contribution in [0.25, 0.3) is 0 Å². The zero-order valence-corrected chi connectivity index (χ0v) is 11.7. The number of hydrogen-bond acceptors (Lipinski definition) is 6. The van der Waals surface area contributed by atoms with E-state index >= 15 is 0 Å². The van der Waals surface area contributed by atoms with Gasteiger partial charge in [-0.3, -0.25) is 0 Å². The van der Waals surface area contributed by atoms with Gasteiger partial charge in [-0.1, -0.05) is 0 Å². The predicted octanol–water partition coefficient (Wildman–Crippen LogP) is -1.99. The second-order valence-electron chi connectivity index (χ2n) is 6.27. The van der Waals surface area contributed by atoms with Crippen molar-refractivity contribution in [3.05, 3.63) is 0 Å². The van der Waals surface area contributed by atoms with E-state index in [0.717, 1.165) is 26.2 Å². The highest BCUT2D eigenvalue weighted by molar-refractivity contribution is 7.93. The van der Waals surface area contributed by atoms with E-state index in [1.807, 2.05) is 0 Å². The number of hydrogen-bond donors (Lipinski definition) is 2. The molecule has 4 aliphatic heterocycles. The predicted molar refractivity (Wildman–Crippen MR) is 67.9 cm³/mol. The molecule has 2 N–H and O–H groups in total. The molecule has 4 aliphatic rings. The van der Waals surface area contributed by atoms with Crippen LogP contribution in [0.5, 0.6) is 0 Å². The van der Waals surface area contributed by atoms with E-state index in [9.17, 15) is 16.8 Å². The zero-order chi connectivity index (χ0) is 13.1. The topological polar surface area (TPSA) is 92.3 Å². The van der Waals surface area contributed by atoms with Crippen LogP contribution in [0.4, 0.5) is 0 Å². The van der Waals surface area contributed by atoms with Gasteiger partial charge in [-0.05, 0) is 0 Å². The Morgan fingerprint density at radius 2 is 0.889 bits per heavy atom. The van der Waals surface area contributed by atoms with E-state index in [0.29, 0.717) is 23.0 Å². The average molecular weight is 294 g/mol. The molecule has 0 amide bonds. The summed E-state index contributed by atoms with van der Waals surface area (Å²) in [7, 11) is -5.18. The van der Waals surface area contributed by atoms with Crippen LogP contribution in [-0.4, -0.2) is 66.0 Å². The molecule has 0 saturated carbocycles. The quantitative estimate of drug-likeness (QED) is 0.537. The highest BCUT2D eigenvalue weighted by atomic mass is 32.2. The first kappa shape index (κ1) is 12.8. The zero-order valence-electron chi connectivity index (χ0n) is 10.1. The summed E-state index contributed by atoms with van der Waals surface area (Å²) in [5.74, 6) is 1.69. The maximum Gasteiger partial charge on any atom is 0.151 e. The van der Waals surface area contributed by atoms with Gasteiger partial charge in [-0.2, -0.15) is 0 Å². The fourth-order valence-electron chi connectivity index (χ4n) is 3.15. The number of nitrogens with one attached hydrogen (secondary N) is 2. The van der Waals surface area contributed by atoms with E-state index in [4.69, 9.17) is 0 Å². The molecule has 6 nitrogen and oxygen atoms in total. The van der Waals surface area contributed by atoms with Gasteiger partial charge in [0.05, 0.1) is 23.0 Å². The van der Waals surface area contributed by atoms with Gasteiger partial charge in [0, 0.05) is 37.0 Å². The third-order valence-corrected chi connectivity index (χ3v) is 8.31. The molecule has 0 aliphatic carbocycles. The molecule has 0 atom stereocenters. The maximum absolute atomic E-state index is 10.7. The van der Waals surface area contributed by atoms with Crippen molar-refractivity contribution in [3.63, 3.8) is 0 Å². The van der Waals surface area contributed by atoms with Gasteiger partial charge in [0.15, 0.2) is 19.7 Å². The van der Waals surface area contributed by atoms with Crippen molar-refractivity contribution in [3.8, 4) is 0 Å². The molecule has 8 heteroatoms. The Bertz CT molecular complexity index is 479. The molecule has 104 valence electrons. The van der Waals surface area contributed by atoms with Gasteiger partial charge in [-0.15, -0.1) is 0 Å². The van der Waals surface area contributed by atoms with E-state index < -0.39 is 19.7 Å². The Morgan fingerprint density at radius 3 is 0.944 bits per heavy atom. The molecule has 0 bridgehead atoms. The third-order valence-electron chi connectivity index (χ3n) is 4.10. The lowest BCUT2D eigenvalue weighted by Gasteiger charge is -2.48. The van der Waals surface area contributed by atoms with Gasteiger partial charge >= 0.3 is 0 Å². The molecule has 0 radical (unpaired) electrons. The highest BCUT2D eigenvalue weighted by Crippen LogP contribution is 2.36. The minimum absolute atomic E-state index is 0.179. The van der Waals surface area contributed by atoms with Crippen LogP contribution in [0.1, 0.15) is 0 Å². The van der Waals surface area contributed by atoms with Gasteiger partial charge in [0.25, 0.3) is 0 Å². The summed E-state index contributed by atoms with van der Waals surface area (Å²) < 4.78 is 42.7. The molecule has 0 aromatic heterocycles. The summed E-state index contributed by atoms with van der Waals surface area (Å²) in [6.07, 6.45) is 0. The Labute approximate surface area is 107 Å². The summed E-state index contributed by atoms with van der Waals surface area (Å²) >= 11 is 0. The van der Waals surface area contributed by atoms with Gasteiger partial charge in [-0.25, -0.2) is 16.8 Å². The van der Waals surface area contributed by atoms with E-state index in [-0.39, 0.29) is 10.8 Å². The second-order valence-corrected chi connectivity index (χ2v) is 10.4. The molecular formula is C10H18N2O4S2. The second kappa shape index (κ2) is 3.68. The monoisotopic (exact) mass is 294 g/mol. The van der Waals surface area contributed by atoms with Crippen molar-refractivity contribution >= 4 is 19.7 Å². The highest BCUT2D eigenvalue weighted by Gasteiger charge is 2.52. The lowest BCUT2D eigenvalue weighted by atomic mass is 9.85. The third kappa shape index (κ3) is 2.19. The van der Waals surface area contributed by atoms with Crippen molar-refractivity contribution in [1.82, 2.24) is 10.6 Å². The minimum atomic E-state index is -2.59. The average Bonchev–Trinajstić information content (AvgIpc) is 2.05. The van der Waals surface area contributed by atoms with E-state index in [2.05, 4.69) is 10.6 Å². The van der Waals surface area contributed by atoms with Gasteiger partial charge in [0.1, 0.15) is 0 Å². The van der Waals surface area contributed by atoms with Gasteiger partial charge < -0.3 is 10.6 Å². The molecule has 4 rings (SSSR count). The van der Waals surface area contributed by atoms with Crippen LogP contribution >= 0.6 is 0 Å². The van der Waals surface area contributed by atoms with Crippen LogP contribution in [0.2, 0.25) is 0 Å². The molecule has 0 aromatic rings. The van der Waals surface area contributed by atoms with Gasteiger partial charge in [0.2, 0.25) is 0 Å². The summed E-state index contributed by atoms with van der Waals surface area (Å²) in [5, 5.41) is 6.15. The molecule has 4 saturated heterocycles. The molecular weight excluding hydrogens is 276 g/mol. The van der Waals surface area contributed by atoms with Crippen LogP contribution in [0.15, 0.2) is 0 Å². The molecule has 2 spiro atoms. The Morgan fingerprint density at radius 1 is 0.611 bits per heavy atom. The van der Waals surface area contributed by atoms with E-state index in [1.165, 1.54) is 0 Å². The van der Waals surface area contributed by atoms with Crippen LogP contribution < -0.4 is 10.6 Å². The molecule has 4 heterocycles. The van der Waals surface area contributed by atoms with Crippen LogP contribution in [0, 0.1) is 10.8 Å². The standard InChI is InChI=1S/2C5H9NO2S/c2*7-9(8)3-5(4-9)1-6-2-5/h2*6H,1-4H2. The first-order valence-corrected chi connectivity index (χ1v) is 9.71.